The molecular formula is C19H23N3O2S3. The molecule has 8 heteroatoms. The fourth-order valence-corrected chi connectivity index (χ4v) is 5.45. The van der Waals surface area contributed by atoms with Crippen LogP contribution in [0.1, 0.15) is 34.6 Å². The van der Waals surface area contributed by atoms with E-state index in [9.17, 15) is 9.59 Å². The molecule has 27 heavy (non-hydrogen) atoms. The molecule has 0 saturated heterocycles. The number of hydrogen-bond acceptors (Lipinski definition) is 6. The van der Waals surface area contributed by atoms with Crippen molar-refractivity contribution in [2.24, 2.45) is 0 Å². The van der Waals surface area contributed by atoms with Crippen LogP contribution in [0, 0.1) is 0 Å². The number of thiophene rings is 2. The minimum Gasteiger partial charge on any atom is -0.351 e. The van der Waals surface area contributed by atoms with Gasteiger partial charge in [0, 0.05) is 27.9 Å². The van der Waals surface area contributed by atoms with Crippen molar-refractivity contribution < 1.29 is 4.79 Å². The van der Waals surface area contributed by atoms with E-state index < -0.39 is 0 Å². The molecule has 0 radical (unpaired) electrons. The van der Waals surface area contributed by atoms with Crippen molar-refractivity contribution in [1.82, 2.24) is 14.9 Å². The Kier molecular flexibility index (Phi) is 5.79. The molecule has 0 spiro atoms. The number of thioether (sulfide) groups is 1. The highest BCUT2D eigenvalue weighted by molar-refractivity contribution is 8.00. The number of hydrogen-bond donors (Lipinski definition) is 1. The predicted molar refractivity (Wildman–Crippen MR) is 116 cm³/mol. The molecule has 3 aromatic rings. The van der Waals surface area contributed by atoms with Crippen molar-refractivity contribution in [1.29, 1.82) is 0 Å². The van der Waals surface area contributed by atoms with E-state index in [-0.39, 0.29) is 22.3 Å². The molecule has 5 nitrogen and oxygen atoms in total. The summed E-state index contributed by atoms with van der Waals surface area (Å²) in [6, 6.07) is 4.00. The van der Waals surface area contributed by atoms with E-state index in [0.29, 0.717) is 17.1 Å². The van der Waals surface area contributed by atoms with Gasteiger partial charge in [0.2, 0.25) is 5.91 Å². The molecule has 0 fully saturated rings. The Bertz CT molecular complexity index is 1010. The number of carbonyl (C=O) groups excluding carboxylic acids is 1. The maximum absolute atomic E-state index is 13.2. The van der Waals surface area contributed by atoms with Crippen LogP contribution in [0.15, 0.2) is 32.8 Å². The lowest BCUT2D eigenvalue weighted by Crippen LogP contribution is -2.44. The number of nitrogens with one attached hydrogen (secondary N) is 1. The molecule has 0 unspecified atom stereocenters. The molecule has 3 heterocycles. The zero-order chi connectivity index (χ0) is 19.8. The van der Waals surface area contributed by atoms with Gasteiger partial charge in [0.1, 0.15) is 4.83 Å². The third-order valence-electron chi connectivity index (χ3n) is 3.91. The molecule has 1 N–H and O–H groups in total. The summed E-state index contributed by atoms with van der Waals surface area (Å²) >= 11 is 4.42. The highest BCUT2D eigenvalue weighted by Crippen LogP contribution is 2.35. The van der Waals surface area contributed by atoms with Gasteiger partial charge in [-0.1, -0.05) is 17.8 Å². The molecule has 0 bridgehead atoms. The van der Waals surface area contributed by atoms with Gasteiger partial charge in [-0.05, 0) is 46.1 Å². The molecule has 0 aliphatic heterocycles. The second kappa shape index (κ2) is 7.77. The van der Waals surface area contributed by atoms with Gasteiger partial charge in [-0.15, -0.1) is 22.7 Å². The summed E-state index contributed by atoms with van der Waals surface area (Å²) in [5.74, 6) is -0.0602. The fraction of sp³-hybridized carbons (Fsp3) is 0.421. The van der Waals surface area contributed by atoms with Crippen molar-refractivity contribution >= 4 is 50.6 Å². The maximum Gasteiger partial charge on any atom is 0.263 e. The standard InChI is InChI=1S/C19H23N3O2S3/c1-6-22-17(24)14-12(13-8-7-9-25-13)10-26-16(14)20-18(22)27-11(2)15(23)21-19(3,4)5/h7-11H,6H2,1-5H3,(H,21,23)/t11-/m1/s1. The smallest absolute Gasteiger partial charge is 0.263 e. The van der Waals surface area contributed by atoms with Crippen LogP contribution in [0.25, 0.3) is 20.7 Å². The summed E-state index contributed by atoms with van der Waals surface area (Å²) < 4.78 is 1.66. The summed E-state index contributed by atoms with van der Waals surface area (Å²) in [6.45, 7) is 10.1. The zero-order valence-corrected chi connectivity index (χ0v) is 18.5. The lowest BCUT2D eigenvalue weighted by atomic mass is 10.1. The van der Waals surface area contributed by atoms with E-state index in [1.807, 2.05) is 57.5 Å². The Morgan fingerprint density at radius 1 is 1.37 bits per heavy atom. The summed E-state index contributed by atoms with van der Waals surface area (Å²) in [5, 5.41) is 7.89. The molecule has 0 aliphatic carbocycles. The third kappa shape index (κ3) is 4.28. The highest BCUT2D eigenvalue weighted by atomic mass is 32.2. The van der Waals surface area contributed by atoms with Crippen LogP contribution in [-0.2, 0) is 11.3 Å². The molecule has 3 rings (SSSR count). The molecule has 1 amide bonds. The average molecular weight is 422 g/mol. The largest absolute Gasteiger partial charge is 0.351 e. The maximum atomic E-state index is 13.2. The first-order chi connectivity index (χ1) is 12.7. The van der Waals surface area contributed by atoms with Gasteiger partial charge in [0.25, 0.3) is 5.56 Å². The van der Waals surface area contributed by atoms with Gasteiger partial charge >= 0.3 is 0 Å². The first-order valence-electron chi connectivity index (χ1n) is 8.76. The van der Waals surface area contributed by atoms with Crippen LogP contribution in [0.4, 0.5) is 0 Å². The van der Waals surface area contributed by atoms with Crippen LogP contribution in [0.3, 0.4) is 0 Å². The Labute approximate surface area is 170 Å². The lowest BCUT2D eigenvalue weighted by molar-refractivity contribution is -0.121. The van der Waals surface area contributed by atoms with Crippen LogP contribution in [0.5, 0.6) is 0 Å². The van der Waals surface area contributed by atoms with Crippen molar-refractivity contribution in [3.05, 3.63) is 33.2 Å². The lowest BCUT2D eigenvalue weighted by Gasteiger charge is -2.23. The number of fused-ring (bicyclic) bond motifs is 1. The van der Waals surface area contributed by atoms with E-state index in [1.54, 1.807) is 15.9 Å². The fourth-order valence-electron chi connectivity index (χ4n) is 2.67. The Hall–Kier alpha value is -1.64. The highest BCUT2D eigenvalue weighted by Gasteiger charge is 2.23. The number of rotatable bonds is 5. The van der Waals surface area contributed by atoms with Crippen LogP contribution < -0.4 is 10.9 Å². The molecule has 1 atom stereocenters. The number of amides is 1. The normalized spacial score (nSPS) is 13.1. The average Bonchev–Trinajstić information content (AvgIpc) is 3.22. The summed E-state index contributed by atoms with van der Waals surface area (Å²) in [5.41, 5.74) is 0.606. The Morgan fingerprint density at radius 2 is 2.11 bits per heavy atom. The van der Waals surface area contributed by atoms with Crippen molar-refractivity contribution in [2.45, 2.75) is 57.1 Å². The van der Waals surface area contributed by atoms with Gasteiger partial charge in [0.15, 0.2) is 5.16 Å². The van der Waals surface area contributed by atoms with Gasteiger partial charge in [-0.3, -0.25) is 14.2 Å². The molecule has 3 aromatic heterocycles. The van der Waals surface area contributed by atoms with Crippen molar-refractivity contribution in [3.63, 3.8) is 0 Å². The third-order valence-corrected chi connectivity index (χ3v) is 6.78. The summed E-state index contributed by atoms with van der Waals surface area (Å²) in [4.78, 5) is 32.1. The quantitative estimate of drug-likeness (QED) is 0.483. The van der Waals surface area contributed by atoms with Crippen LogP contribution >= 0.6 is 34.4 Å². The first kappa shape index (κ1) is 20.1. The Morgan fingerprint density at radius 3 is 2.70 bits per heavy atom. The molecule has 0 saturated carbocycles. The van der Waals surface area contributed by atoms with Gasteiger partial charge in [-0.25, -0.2) is 4.98 Å². The molecule has 144 valence electrons. The van der Waals surface area contributed by atoms with Gasteiger partial charge < -0.3 is 5.32 Å². The van der Waals surface area contributed by atoms with E-state index in [1.165, 1.54) is 23.1 Å². The molecule has 0 aromatic carbocycles. The monoisotopic (exact) mass is 421 g/mol. The van der Waals surface area contributed by atoms with E-state index in [2.05, 4.69) is 5.32 Å². The SMILES string of the molecule is CCn1c(S[C@H](C)C(=O)NC(C)(C)C)nc2scc(-c3cccs3)c2c1=O. The minimum atomic E-state index is -0.344. The van der Waals surface area contributed by atoms with Crippen LogP contribution in [-0.4, -0.2) is 26.2 Å². The van der Waals surface area contributed by atoms with Crippen LogP contribution in [0.2, 0.25) is 0 Å². The first-order valence-corrected chi connectivity index (χ1v) is 11.4. The Balaban J connectivity index is 2.00. The summed E-state index contributed by atoms with van der Waals surface area (Å²) in [6.07, 6.45) is 0. The summed E-state index contributed by atoms with van der Waals surface area (Å²) in [7, 11) is 0. The number of aromatic nitrogens is 2. The topological polar surface area (TPSA) is 64.0 Å². The number of carbonyl (C=O) groups is 1. The second-order valence-electron chi connectivity index (χ2n) is 7.25. The van der Waals surface area contributed by atoms with E-state index in [0.717, 1.165) is 15.3 Å². The number of nitrogens with zero attached hydrogens (tertiary/aromatic N) is 2. The predicted octanol–water partition coefficient (Wildman–Crippen LogP) is 4.60. The minimum absolute atomic E-state index is 0.0434. The molecular weight excluding hydrogens is 398 g/mol. The van der Waals surface area contributed by atoms with E-state index >= 15 is 0 Å². The van der Waals surface area contributed by atoms with Gasteiger partial charge in [-0.2, -0.15) is 0 Å². The zero-order valence-electron chi connectivity index (χ0n) is 16.0. The van der Waals surface area contributed by atoms with E-state index in [4.69, 9.17) is 4.98 Å². The van der Waals surface area contributed by atoms with Crippen molar-refractivity contribution in [3.8, 4) is 10.4 Å². The second-order valence-corrected chi connectivity index (χ2v) is 10.4. The molecule has 0 aliphatic rings. The van der Waals surface area contributed by atoms with Gasteiger partial charge in [0.05, 0.1) is 10.6 Å². The van der Waals surface area contributed by atoms with Crippen molar-refractivity contribution in [2.75, 3.05) is 0 Å².